The highest BCUT2D eigenvalue weighted by Crippen LogP contribution is 1.94. The smallest absolute Gasteiger partial charge is 0.220 e. The Labute approximate surface area is 120 Å². The topological polar surface area (TPSA) is 96.3 Å². The zero-order valence-corrected chi connectivity index (χ0v) is 12.7. The van der Waals surface area contributed by atoms with Crippen molar-refractivity contribution in [3.8, 4) is 0 Å². The van der Waals surface area contributed by atoms with Gasteiger partial charge in [0.2, 0.25) is 5.91 Å². The summed E-state index contributed by atoms with van der Waals surface area (Å²) in [5.74, 6) is 0.476. The van der Waals surface area contributed by atoms with Crippen LogP contribution in [-0.2, 0) is 14.3 Å². The Hall–Kier alpha value is -1.30. The van der Waals surface area contributed by atoms with E-state index in [4.69, 9.17) is 15.0 Å². The first-order valence-corrected chi connectivity index (χ1v) is 7.02. The van der Waals surface area contributed by atoms with Crippen LogP contribution in [0.4, 0.5) is 0 Å². The summed E-state index contributed by atoms with van der Waals surface area (Å²) in [5, 5.41) is 6.20. The number of nitrogens with zero attached hydrogens (tertiary/aromatic N) is 3. The molecular weight excluding hydrogens is 260 g/mol. The SMILES string of the molecule is CC(C)COCCOCC(C)NC(=O)CCCN=[N+]=[N-]. The van der Waals surface area contributed by atoms with E-state index < -0.39 is 0 Å². The first kappa shape index (κ1) is 18.7. The zero-order valence-electron chi connectivity index (χ0n) is 12.7. The normalized spacial score (nSPS) is 12.0. The summed E-state index contributed by atoms with van der Waals surface area (Å²) >= 11 is 0. The number of hydrogen-bond acceptors (Lipinski definition) is 4. The molecule has 0 saturated carbocycles. The molecule has 116 valence electrons. The Balaban J connectivity index is 3.45. The third kappa shape index (κ3) is 13.1. The van der Waals surface area contributed by atoms with Crippen molar-refractivity contribution in [3.63, 3.8) is 0 Å². The Bertz CT molecular complexity index is 304. The van der Waals surface area contributed by atoms with E-state index in [9.17, 15) is 4.79 Å². The third-order valence-corrected chi connectivity index (χ3v) is 2.32. The van der Waals surface area contributed by atoms with Gasteiger partial charge in [-0.25, -0.2) is 0 Å². The van der Waals surface area contributed by atoms with E-state index in [-0.39, 0.29) is 11.9 Å². The van der Waals surface area contributed by atoms with Gasteiger partial charge in [0.1, 0.15) is 0 Å². The van der Waals surface area contributed by atoms with Gasteiger partial charge in [-0.05, 0) is 24.8 Å². The summed E-state index contributed by atoms with van der Waals surface area (Å²) in [6.07, 6.45) is 0.924. The molecule has 0 radical (unpaired) electrons. The molecule has 0 aliphatic carbocycles. The highest BCUT2D eigenvalue weighted by atomic mass is 16.5. The lowest BCUT2D eigenvalue weighted by Crippen LogP contribution is -2.36. The van der Waals surface area contributed by atoms with Crippen LogP contribution >= 0.6 is 0 Å². The molecule has 7 nitrogen and oxygen atoms in total. The van der Waals surface area contributed by atoms with Crippen LogP contribution in [0, 0.1) is 5.92 Å². The van der Waals surface area contributed by atoms with Gasteiger partial charge < -0.3 is 14.8 Å². The standard InChI is InChI=1S/C13H26N4O3/c1-11(2)9-19-7-8-20-10-12(3)16-13(18)5-4-6-15-17-14/h11-12H,4-10H2,1-3H3,(H,16,18). The molecule has 0 saturated heterocycles. The molecule has 1 N–H and O–H groups in total. The zero-order chi connectivity index (χ0) is 15.2. The summed E-state index contributed by atoms with van der Waals surface area (Å²) in [5.41, 5.74) is 8.10. The number of hydrogen-bond donors (Lipinski definition) is 1. The summed E-state index contributed by atoms with van der Waals surface area (Å²) in [4.78, 5) is 14.1. The number of azide groups is 1. The highest BCUT2D eigenvalue weighted by Gasteiger charge is 2.06. The maximum Gasteiger partial charge on any atom is 0.220 e. The van der Waals surface area contributed by atoms with E-state index in [1.807, 2.05) is 6.92 Å². The molecule has 0 heterocycles. The summed E-state index contributed by atoms with van der Waals surface area (Å²) < 4.78 is 10.8. The maximum absolute atomic E-state index is 11.5. The third-order valence-electron chi connectivity index (χ3n) is 2.32. The van der Waals surface area contributed by atoms with Gasteiger partial charge in [0, 0.05) is 30.5 Å². The van der Waals surface area contributed by atoms with Crippen LogP contribution in [0.15, 0.2) is 5.11 Å². The molecule has 0 aliphatic heterocycles. The lowest BCUT2D eigenvalue weighted by Gasteiger charge is -2.14. The van der Waals surface area contributed by atoms with Crippen molar-refractivity contribution < 1.29 is 14.3 Å². The van der Waals surface area contributed by atoms with Gasteiger partial charge in [-0.15, -0.1) is 0 Å². The quantitative estimate of drug-likeness (QED) is 0.258. The minimum absolute atomic E-state index is 0.0351. The number of amides is 1. The first-order valence-electron chi connectivity index (χ1n) is 7.02. The largest absolute Gasteiger partial charge is 0.379 e. The van der Waals surface area contributed by atoms with Crippen LogP contribution in [0.25, 0.3) is 10.4 Å². The average molecular weight is 286 g/mol. The number of carbonyl (C=O) groups excluding carboxylic acids is 1. The van der Waals surface area contributed by atoms with Crippen molar-refractivity contribution in [2.75, 3.05) is 33.0 Å². The summed E-state index contributed by atoms with van der Waals surface area (Å²) in [6, 6.07) is -0.0351. The van der Waals surface area contributed by atoms with Crippen molar-refractivity contribution >= 4 is 5.91 Å². The molecule has 1 atom stereocenters. The molecule has 0 fully saturated rings. The van der Waals surface area contributed by atoms with Gasteiger partial charge in [-0.1, -0.05) is 19.0 Å². The van der Waals surface area contributed by atoms with Gasteiger partial charge in [0.25, 0.3) is 0 Å². The molecule has 0 aromatic heterocycles. The number of ether oxygens (including phenoxy) is 2. The molecule has 0 aromatic rings. The fourth-order valence-corrected chi connectivity index (χ4v) is 1.44. The van der Waals surface area contributed by atoms with E-state index in [2.05, 4.69) is 29.2 Å². The van der Waals surface area contributed by atoms with Crippen molar-refractivity contribution in [3.05, 3.63) is 10.4 Å². The van der Waals surface area contributed by atoms with Crippen molar-refractivity contribution in [2.24, 2.45) is 11.0 Å². The van der Waals surface area contributed by atoms with E-state index in [1.165, 1.54) is 0 Å². The first-order chi connectivity index (χ1) is 9.56. The molecule has 0 rings (SSSR count). The van der Waals surface area contributed by atoms with Crippen LogP contribution in [0.1, 0.15) is 33.6 Å². The van der Waals surface area contributed by atoms with E-state index in [0.29, 0.717) is 45.1 Å². The lowest BCUT2D eigenvalue weighted by atomic mass is 10.2. The van der Waals surface area contributed by atoms with Crippen molar-refractivity contribution in [1.29, 1.82) is 0 Å². The molecule has 0 aromatic carbocycles. The predicted molar refractivity (Wildman–Crippen MR) is 77.3 cm³/mol. The predicted octanol–water partition coefficient (Wildman–Crippen LogP) is 2.27. The van der Waals surface area contributed by atoms with E-state index in [1.54, 1.807) is 0 Å². The van der Waals surface area contributed by atoms with Crippen LogP contribution in [-0.4, -0.2) is 44.9 Å². The second kappa shape index (κ2) is 12.7. The lowest BCUT2D eigenvalue weighted by molar-refractivity contribution is -0.122. The Morgan fingerprint density at radius 3 is 2.50 bits per heavy atom. The number of rotatable bonds is 12. The molecule has 0 bridgehead atoms. The fraction of sp³-hybridized carbons (Fsp3) is 0.923. The average Bonchev–Trinajstić information content (AvgIpc) is 2.38. The van der Waals surface area contributed by atoms with Crippen LogP contribution in [0.2, 0.25) is 0 Å². The molecule has 20 heavy (non-hydrogen) atoms. The minimum Gasteiger partial charge on any atom is -0.379 e. The Morgan fingerprint density at radius 1 is 1.25 bits per heavy atom. The second-order valence-electron chi connectivity index (χ2n) is 5.07. The van der Waals surface area contributed by atoms with Crippen LogP contribution < -0.4 is 5.32 Å². The molecule has 1 amide bonds. The molecule has 1 unspecified atom stereocenters. The highest BCUT2D eigenvalue weighted by molar-refractivity contribution is 5.76. The molecule has 0 spiro atoms. The molecule has 0 aliphatic rings. The van der Waals surface area contributed by atoms with Crippen molar-refractivity contribution in [1.82, 2.24) is 5.32 Å². The van der Waals surface area contributed by atoms with Crippen LogP contribution in [0.3, 0.4) is 0 Å². The Morgan fingerprint density at radius 2 is 1.90 bits per heavy atom. The Kier molecular flexibility index (Phi) is 11.9. The number of carbonyl (C=O) groups is 1. The second-order valence-corrected chi connectivity index (χ2v) is 5.07. The maximum atomic E-state index is 11.5. The fourth-order valence-electron chi connectivity index (χ4n) is 1.44. The van der Waals surface area contributed by atoms with Crippen molar-refractivity contribution in [2.45, 2.75) is 39.7 Å². The van der Waals surface area contributed by atoms with Gasteiger partial charge in [-0.2, -0.15) is 0 Å². The summed E-state index contributed by atoms with van der Waals surface area (Å²) in [6.45, 7) is 8.74. The van der Waals surface area contributed by atoms with E-state index in [0.717, 1.165) is 6.61 Å². The number of nitrogens with one attached hydrogen (secondary N) is 1. The van der Waals surface area contributed by atoms with Gasteiger partial charge >= 0.3 is 0 Å². The molecule has 7 heteroatoms. The van der Waals surface area contributed by atoms with Gasteiger partial charge in [0.15, 0.2) is 0 Å². The minimum atomic E-state index is -0.0507. The monoisotopic (exact) mass is 286 g/mol. The van der Waals surface area contributed by atoms with Gasteiger partial charge in [0.05, 0.1) is 19.8 Å². The van der Waals surface area contributed by atoms with Crippen LogP contribution in [0.5, 0.6) is 0 Å². The van der Waals surface area contributed by atoms with E-state index >= 15 is 0 Å². The van der Waals surface area contributed by atoms with Gasteiger partial charge in [-0.3, -0.25) is 4.79 Å². The summed E-state index contributed by atoms with van der Waals surface area (Å²) in [7, 11) is 0. The molecular formula is C13H26N4O3.